The number of hydrogen-bond donors (Lipinski definition) is 1. The number of aromatic nitrogens is 2. The van der Waals surface area contributed by atoms with E-state index in [9.17, 15) is 4.79 Å². The zero-order chi connectivity index (χ0) is 13.0. The van der Waals surface area contributed by atoms with Gasteiger partial charge in [0.25, 0.3) is 5.91 Å². The van der Waals surface area contributed by atoms with Gasteiger partial charge in [0, 0.05) is 26.7 Å². The van der Waals surface area contributed by atoms with Crippen molar-refractivity contribution in [1.82, 2.24) is 14.5 Å². The molecule has 5 nitrogen and oxygen atoms in total. The van der Waals surface area contributed by atoms with Crippen LogP contribution in [0.4, 0.5) is 0 Å². The van der Waals surface area contributed by atoms with Crippen LogP contribution in [0.15, 0.2) is 12.5 Å². The molecule has 0 saturated carbocycles. The Bertz CT molecular complexity index is 372. The largest absolute Gasteiger partial charge is 0.340 e. The molecule has 1 heterocycles. The smallest absolute Gasteiger partial charge is 0.271 e. The Labute approximate surface area is 103 Å². The monoisotopic (exact) mass is 238 g/mol. The van der Waals surface area contributed by atoms with Crippen molar-refractivity contribution in [2.24, 2.45) is 18.7 Å². The SMILES string of the molecule is CC(C)C(N)CCN(C)C(=O)c1cncn1C. The maximum Gasteiger partial charge on any atom is 0.271 e. The Morgan fingerprint density at radius 1 is 1.59 bits per heavy atom. The van der Waals surface area contributed by atoms with E-state index < -0.39 is 0 Å². The summed E-state index contributed by atoms with van der Waals surface area (Å²) in [6, 6.07) is 0.136. The quantitative estimate of drug-likeness (QED) is 0.827. The van der Waals surface area contributed by atoms with E-state index in [0.29, 0.717) is 18.2 Å². The van der Waals surface area contributed by atoms with Gasteiger partial charge >= 0.3 is 0 Å². The lowest BCUT2D eigenvalue weighted by molar-refractivity contribution is 0.0779. The summed E-state index contributed by atoms with van der Waals surface area (Å²) in [7, 11) is 3.61. The van der Waals surface area contributed by atoms with Gasteiger partial charge in [0.15, 0.2) is 0 Å². The second kappa shape index (κ2) is 5.82. The summed E-state index contributed by atoms with van der Waals surface area (Å²) in [5.41, 5.74) is 6.56. The molecule has 0 aromatic carbocycles. The van der Waals surface area contributed by atoms with Gasteiger partial charge in [0.1, 0.15) is 5.69 Å². The van der Waals surface area contributed by atoms with Crippen molar-refractivity contribution in [2.75, 3.05) is 13.6 Å². The topological polar surface area (TPSA) is 64.2 Å². The first-order chi connectivity index (χ1) is 7.93. The molecule has 0 spiro atoms. The average molecular weight is 238 g/mol. The Morgan fingerprint density at radius 2 is 2.24 bits per heavy atom. The zero-order valence-electron chi connectivity index (χ0n) is 11.1. The number of carbonyl (C=O) groups excluding carboxylic acids is 1. The van der Waals surface area contributed by atoms with Crippen molar-refractivity contribution < 1.29 is 4.79 Å². The molecule has 0 aliphatic heterocycles. The molecule has 1 amide bonds. The van der Waals surface area contributed by atoms with E-state index in [4.69, 9.17) is 5.73 Å². The fraction of sp³-hybridized carbons (Fsp3) is 0.667. The Morgan fingerprint density at radius 3 is 2.71 bits per heavy atom. The molecular weight excluding hydrogens is 216 g/mol. The number of rotatable bonds is 5. The van der Waals surface area contributed by atoms with E-state index in [2.05, 4.69) is 18.8 Å². The van der Waals surface area contributed by atoms with Crippen LogP contribution in [0.5, 0.6) is 0 Å². The molecule has 0 aliphatic carbocycles. The van der Waals surface area contributed by atoms with Crippen LogP contribution in [0.3, 0.4) is 0 Å². The first kappa shape index (κ1) is 13.7. The second-order valence-electron chi connectivity index (χ2n) is 4.81. The van der Waals surface area contributed by atoms with E-state index in [1.54, 1.807) is 29.0 Å². The molecule has 1 rings (SSSR count). The van der Waals surface area contributed by atoms with Gasteiger partial charge in [-0.25, -0.2) is 4.98 Å². The highest BCUT2D eigenvalue weighted by molar-refractivity contribution is 5.92. The standard InChI is InChI=1S/C12H22N4O/c1-9(2)10(13)5-6-15(3)12(17)11-7-14-8-16(11)4/h7-10H,5-6,13H2,1-4H3. The summed E-state index contributed by atoms with van der Waals surface area (Å²) >= 11 is 0. The van der Waals surface area contributed by atoms with Crippen molar-refractivity contribution in [3.05, 3.63) is 18.2 Å². The third-order valence-corrected chi connectivity index (χ3v) is 3.04. The highest BCUT2D eigenvalue weighted by atomic mass is 16.2. The molecule has 0 saturated heterocycles. The van der Waals surface area contributed by atoms with Gasteiger partial charge in [-0.05, 0) is 12.3 Å². The van der Waals surface area contributed by atoms with Crippen molar-refractivity contribution in [3.8, 4) is 0 Å². The van der Waals surface area contributed by atoms with Crippen LogP contribution in [-0.2, 0) is 7.05 Å². The predicted molar refractivity (Wildman–Crippen MR) is 67.6 cm³/mol. The van der Waals surface area contributed by atoms with Crippen LogP contribution in [-0.4, -0.2) is 40.0 Å². The zero-order valence-corrected chi connectivity index (χ0v) is 11.1. The van der Waals surface area contributed by atoms with Crippen LogP contribution < -0.4 is 5.73 Å². The molecule has 2 N–H and O–H groups in total. The third-order valence-electron chi connectivity index (χ3n) is 3.04. The lowest BCUT2D eigenvalue weighted by atomic mass is 10.0. The molecule has 0 aliphatic rings. The number of amides is 1. The van der Waals surface area contributed by atoms with E-state index in [-0.39, 0.29) is 11.9 Å². The first-order valence-corrected chi connectivity index (χ1v) is 5.90. The van der Waals surface area contributed by atoms with E-state index in [1.165, 1.54) is 0 Å². The van der Waals surface area contributed by atoms with Gasteiger partial charge in [-0.15, -0.1) is 0 Å². The molecule has 96 valence electrons. The van der Waals surface area contributed by atoms with Gasteiger partial charge < -0.3 is 15.2 Å². The Balaban J connectivity index is 2.51. The fourth-order valence-electron chi connectivity index (χ4n) is 1.54. The maximum atomic E-state index is 12.0. The van der Waals surface area contributed by atoms with Gasteiger partial charge in [-0.2, -0.15) is 0 Å². The number of nitrogens with two attached hydrogens (primary N) is 1. The van der Waals surface area contributed by atoms with Gasteiger partial charge in [0.05, 0.1) is 12.5 Å². The minimum atomic E-state index is -0.0130. The van der Waals surface area contributed by atoms with Gasteiger partial charge in [0.2, 0.25) is 0 Å². The van der Waals surface area contributed by atoms with Crippen molar-refractivity contribution in [2.45, 2.75) is 26.3 Å². The average Bonchev–Trinajstić information content (AvgIpc) is 2.70. The molecule has 1 unspecified atom stereocenters. The summed E-state index contributed by atoms with van der Waals surface area (Å²) in [6.45, 7) is 4.85. The minimum Gasteiger partial charge on any atom is -0.340 e. The van der Waals surface area contributed by atoms with Crippen LogP contribution in [0, 0.1) is 5.92 Å². The molecule has 0 fully saturated rings. The molecule has 5 heteroatoms. The highest BCUT2D eigenvalue weighted by Gasteiger charge is 2.16. The molecule has 1 aromatic heterocycles. The summed E-state index contributed by atoms with van der Waals surface area (Å²) in [5, 5.41) is 0. The molecule has 0 radical (unpaired) electrons. The lowest BCUT2D eigenvalue weighted by Gasteiger charge is -2.21. The predicted octanol–water partition coefficient (Wildman–Crippen LogP) is 0.865. The molecule has 17 heavy (non-hydrogen) atoms. The third kappa shape index (κ3) is 3.56. The van der Waals surface area contributed by atoms with E-state index >= 15 is 0 Å². The fourth-order valence-corrected chi connectivity index (χ4v) is 1.54. The van der Waals surface area contributed by atoms with Crippen LogP contribution in [0.25, 0.3) is 0 Å². The van der Waals surface area contributed by atoms with Crippen LogP contribution in [0.2, 0.25) is 0 Å². The molecule has 1 atom stereocenters. The van der Waals surface area contributed by atoms with Crippen molar-refractivity contribution in [3.63, 3.8) is 0 Å². The summed E-state index contributed by atoms with van der Waals surface area (Å²) in [4.78, 5) is 17.7. The minimum absolute atomic E-state index is 0.0130. The molecular formula is C12H22N4O. The van der Waals surface area contributed by atoms with Crippen molar-refractivity contribution in [1.29, 1.82) is 0 Å². The van der Waals surface area contributed by atoms with E-state index in [1.807, 2.05) is 7.05 Å². The summed E-state index contributed by atoms with van der Waals surface area (Å²) in [5.74, 6) is 0.427. The molecule has 1 aromatic rings. The van der Waals surface area contributed by atoms with Crippen molar-refractivity contribution >= 4 is 5.91 Å². The number of aryl methyl sites for hydroxylation is 1. The normalized spacial score (nSPS) is 12.8. The Kier molecular flexibility index (Phi) is 4.69. The number of hydrogen-bond acceptors (Lipinski definition) is 3. The summed E-state index contributed by atoms with van der Waals surface area (Å²) < 4.78 is 1.72. The van der Waals surface area contributed by atoms with Crippen LogP contribution >= 0.6 is 0 Å². The first-order valence-electron chi connectivity index (χ1n) is 5.90. The maximum absolute atomic E-state index is 12.0. The van der Waals surface area contributed by atoms with E-state index in [0.717, 1.165) is 6.42 Å². The number of imidazole rings is 1. The van der Waals surface area contributed by atoms with Gasteiger partial charge in [-0.1, -0.05) is 13.8 Å². The highest BCUT2D eigenvalue weighted by Crippen LogP contribution is 2.06. The lowest BCUT2D eigenvalue weighted by Crippen LogP contribution is -2.35. The number of carbonyl (C=O) groups is 1. The second-order valence-corrected chi connectivity index (χ2v) is 4.81. The van der Waals surface area contributed by atoms with Gasteiger partial charge in [-0.3, -0.25) is 4.79 Å². The Hall–Kier alpha value is -1.36. The van der Waals surface area contributed by atoms with Crippen LogP contribution in [0.1, 0.15) is 30.8 Å². The summed E-state index contributed by atoms with van der Waals surface area (Å²) in [6.07, 6.45) is 4.03. The molecule has 0 bridgehead atoms. The number of nitrogens with zero attached hydrogens (tertiary/aromatic N) is 3.